The second kappa shape index (κ2) is 4.18. The van der Waals surface area contributed by atoms with Gasteiger partial charge in [0.25, 0.3) is 0 Å². The van der Waals surface area contributed by atoms with Crippen LogP contribution in [0.3, 0.4) is 0 Å². The van der Waals surface area contributed by atoms with Crippen molar-refractivity contribution in [1.82, 2.24) is 15.0 Å². The van der Waals surface area contributed by atoms with Crippen molar-refractivity contribution in [3.8, 4) is 17.3 Å². The first-order valence-electron chi connectivity index (χ1n) is 5.42. The molecule has 0 radical (unpaired) electrons. The molecule has 86 valence electrons. The molecule has 0 saturated heterocycles. The highest BCUT2D eigenvalue weighted by Crippen LogP contribution is 2.27. The number of H-pyrrole nitrogens is 1. The maximum Gasteiger partial charge on any atom is 0.236 e. The number of anilines is 1. The molecule has 0 saturated carbocycles. The molecular weight excluding hydrogens is 226 g/mol. The van der Waals surface area contributed by atoms with Gasteiger partial charge in [0.05, 0.1) is 0 Å². The van der Waals surface area contributed by atoms with E-state index in [9.17, 15) is 0 Å². The monoisotopic (exact) mass is 235 g/mol. The Bertz CT molecular complexity index is 721. The van der Waals surface area contributed by atoms with Gasteiger partial charge >= 0.3 is 0 Å². The summed E-state index contributed by atoms with van der Waals surface area (Å²) in [5.74, 6) is 0.307. The quantitative estimate of drug-likeness (QED) is 0.528. The van der Waals surface area contributed by atoms with Gasteiger partial charge < -0.3 is 4.98 Å². The molecule has 2 N–H and O–H groups in total. The number of hydrogen-bond acceptors (Lipinski definition) is 4. The van der Waals surface area contributed by atoms with Crippen LogP contribution in [-0.2, 0) is 0 Å². The summed E-state index contributed by atoms with van der Waals surface area (Å²) >= 11 is 0. The summed E-state index contributed by atoms with van der Waals surface area (Å²) in [6.07, 6.45) is 7.11. The van der Waals surface area contributed by atoms with Gasteiger partial charge in [0, 0.05) is 40.6 Å². The molecule has 0 spiro atoms. The van der Waals surface area contributed by atoms with Crippen molar-refractivity contribution in [3.63, 3.8) is 0 Å². The largest absolute Gasteiger partial charge is 0.361 e. The molecule has 0 aliphatic carbocycles. The van der Waals surface area contributed by atoms with E-state index < -0.39 is 0 Å². The summed E-state index contributed by atoms with van der Waals surface area (Å²) in [5, 5.41) is 12.0. The normalized spacial score (nSPS) is 10.2. The van der Waals surface area contributed by atoms with Crippen LogP contribution in [0.1, 0.15) is 0 Å². The fraction of sp³-hybridized carbons (Fsp3) is 0. The molecule has 1 aromatic carbocycles. The summed E-state index contributed by atoms with van der Waals surface area (Å²) in [5.41, 5.74) is 3.04. The smallest absolute Gasteiger partial charge is 0.236 e. The number of benzene rings is 1. The molecule has 2 aromatic heterocycles. The fourth-order valence-corrected chi connectivity index (χ4v) is 1.89. The topological polar surface area (TPSA) is 77.4 Å². The summed E-state index contributed by atoms with van der Waals surface area (Å²) in [7, 11) is 0. The molecule has 3 rings (SSSR count). The van der Waals surface area contributed by atoms with E-state index in [2.05, 4.69) is 20.3 Å². The lowest BCUT2D eigenvalue weighted by Gasteiger charge is -1.99. The van der Waals surface area contributed by atoms with E-state index in [-0.39, 0.29) is 0 Å². The lowest BCUT2D eigenvalue weighted by Crippen LogP contribution is -1.94. The number of nitrogens with zero attached hydrogens (tertiary/aromatic N) is 3. The minimum absolute atomic E-state index is 0.307. The molecule has 0 aliphatic heterocycles. The number of para-hydroxylation sites is 1. The molecule has 2 heterocycles. The van der Waals surface area contributed by atoms with E-state index >= 15 is 0 Å². The third-order valence-electron chi connectivity index (χ3n) is 2.72. The third-order valence-corrected chi connectivity index (χ3v) is 2.72. The van der Waals surface area contributed by atoms with E-state index in [4.69, 9.17) is 5.26 Å². The van der Waals surface area contributed by atoms with Crippen LogP contribution < -0.4 is 5.32 Å². The minimum Gasteiger partial charge on any atom is -0.361 e. The first kappa shape index (κ1) is 10.3. The van der Waals surface area contributed by atoms with Crippen LogP contribution in [0.15, 0.2) is 42.9 Å². The van der Waals surface area contributed by atoms with Gasteiger partial charge in [-0.05, 0) is 6.07 Å². The van der Waals surface area contributed by atoms with Crippen molar-refractivity contribution in [2.24, 2.45) is 0 Å². The molecule has 0 unspecified atom stereocenters. The first-order valence-corrected chi connectivity index (χ1v) is 5.42. The zero-order valence-corrected chi connectivity index (χ0v) is 9.38. The molecule has 0 fully saturated rings. The molecule has 0 bridgehead atoms. The molecule has 3 aromatic rings. The Hall–Kier alpha value is -2.87. The van der Waals surface area contributed by atoms with E-state index in [0.717, 1.165) is 22.0 Å². The number of aromatic nitrogens is 3. The van der Waals surface area contributed by atoms with Crippen molar-refractivity contribution in [2.45, 2.75) is 0 Å². The van der Waals surface area contributed by atoms with Crippen molar-refractivity contribution in [3.05, 3.63) is 42.9 Å². The lowest BCUT2D eigenvalue weighted by atomic mass is 10.1. The molecule has 0 atom stereocenters. The Morgan fingerprint density at radius 3 is 2.72 bits per heavy atom. The summed E-state index contributed by atoms with van der Waals surface area (Å²) in [6, 6.07) is 8.04. The average Bonchev–Trinajstić information content (AvgIpc) is 2.84. The Labute approximate surface area is 103 Å². The van der Waals surface area contributed by atoms with E-state index in [1.807, 2.05) is 30.5 Å². The lowest BCUT2D eigenvalue weighted by molar-refractivity contribution is 1.17. The van der Waals surface area contributed by atoms with Gasteiger partial charge in [-0.15, -0.1) is 0 Å². The van der Waals surface area contributed by atoms with Crippen molar-refractivity contribution < 1.29 is 0 Å². The van der Waals surface area contributed by atoms with Gasteiger partial charge in [0.1, 0.15) is 0 Å². The molecule has 0 amide bonds. The Morgan fingerprint density at radius 2 is 1.94 bits per heavy atom. The van der Waals surface area contributed by atoms with Crippen LogP contribution in [0, 0.1) is 11.5 Å². The van der Waals surface area contributed by atoms with Gasteiger partial charge in [-0.1, -0.05) is 18.2 Å². The number of nitriles is 1. The highest BCUT2D eigenvalue weighted by molar-refractivity contribution is 5.95. The Kier molecular flexibility index (Phi) is 2.39. The van der Waals surface area contributed by atoms with Crippen LogP contribution in [0.2, 0.25) is 0 Å². The number of hydrogen-bond donors (Lipinski definition) is 2. The predicted octanol–water partition coefficient (Wildman–Crippen LogP) is 2.52. The third kappa shape index (κ3) is 1.66. The maximum atomic E-state index is 8.47. The average molecular weight is 235 g/mol. The number of rotatable bonds is 2. The highest BCUT2D eigenvalue weighted by Gasteiger charge is 2.06. The van der Waals surface area contributed by atoms with Gasteiger partial charge in [-0.3, -0.25) is 5.32 Å². The van der Waals surface area contributed by atoms with Crippen LogP contribution >= 0.6 is 0 Å². The van der Waals surface area contributed by atoms with E-state index in [1.165, 1.54) is 0 Å². The molecule has 18 heavy (non-hydrogen) atoms. The number of fused-ring (bicyclic) bond motifs is 1. The molecular formula is C13H9N5. The van der Waals surface area contributed by atoms with Crippen molar-refractivity contribution in [1.29, 1.82) is 5.26 Å². The summed E-state index contributed by atoms with van der Waals surface area (Å²) in [4.78, 5) is 11.3. The van der Waals surface area contributed by atoms with Crippen molar-refractivity contribution in [2.75, 3.05) is 5.32 Å². The minimum atomic E-state index is 0.307. The van der Waals surface area contributed by atoms with Gasteiger partial charge in [-0.2, -0.15) is 5.26 Å². The number of aromatic amines is 1. The summed E-state index contributed by atoms with van der Waals surface area (Å²) in [6.45, 7) is 0. The fourth-order valence-electron chi connectivity index (χ4n) is 1.89. The standard InChI is InChI=1S/C13H9N5/c14-8-18-13-16-5-9(6-17-13)11-7-15-12-4-2-1-3-10(11)12/h1-7,15H,(H,16,17,18). The molecule has 0 aliphatic rings. The highest BCUT2D eigenvalue weighted by atomic mass is 15.1. The van der Waals surface area contributed by atoms with E-state index in [0.29, 0.717) is 5.95 Å². The maximum absolute atomic E-state index is 8.47. The molecule has 5 nitrogen and oxygen atoms in total. The second-order valence-corrected chi connectivity index (χ2v) is 3.78. The van der Waals surface area contributed by atoms with Crippen LogP contribution in [0.25, 0.3) is 22.0 Å². The van der Waals surface area contributed by atoms with Gasteiger partial charge in [0.15, 0.2) is 6.19 Å². The van der Waals surface area contributed by atoms with Crippen molar-refractivity contribution >= 4 is 16.9 Å². The Balaban J connectivity index is 2.07. The van der Waals surface area contributed by atoms with Gasteiger partial charge in [-0.25, -0.2) is 9.97 Å². The zero-order chi connectivity index (χ0) is 12.4. The first-order chi connectivity index (χ1) is 8.88. The predicted molar refractivity (Wildman–Crippen MR) is 68.6 cm³/mol. The van der Waals surface area contributed by atoms with Gasteiger partial charge in [0.2, 0.25) is 5.95 Å². The Morgan fingerprint density at radius 1 is 1.17 bits per heavy atom. The second-order valence-electron chi connectivity index (χ2n) is 3.78. The SMILES string of the molecule is N#CNc1ncc(-c2c[nH]c3ccccc23)cn1. The van der Waals surface area contributed by atoms with E-state index in [1.54, 1.807) is 18.6 Å². The summed E-state index contributed by atoms with van der Waals surface area (Å²) < 4.78 is 0. The van der Waals surface area contributed by atoms with Crippen LogP contribution in [0.5, 0.6) is 0 Å². The zero-order valence-electron chi connectivity index (χ0n) is 9.38. The molecule has 5 heteroatoms. The number of nitrogens with one attached hydrogen (secondary N) is 2. The van der Waals surface area contributed by atoms with Crippen LogP contribution in [-0.4, -0.2) is 15.0 Å². The van der Waals surface area contributed by atoms with Crippen LogP contribution in [0.4, 0.5) is 5.95 Å².